The van der Waals surface area contributed by atoms with Crippen molar-refractivity contribution < 1.29 is 9.84 Å². The highest BCUT2D eigenvalue weighted by atomic mass is 16.5. The van der Waals surface area contributed by atoms with Crippen LogP contribution in [0.25, 0.3) is 0 Å². The second-order valence-corrected chi connectivity index (χ2v) is 14.6. The number of nitrogens with one attached hydrogen (secondary N) is 4. The highest BCUT2D eigenvalue weighted by Gasteiger charge is 2.30. The molecule has 2 aliphatic rings. The number of hydrogen-bond donors (Lipinski definition) is 5. The maximum atomic E-state index is 9.38. The molecule has 0 saturated heterocycles. The number of phenols is 1. The second kappa shape index (κ2) is 18.5. The lowest BCUT2D eigenvalue weighted by atomic mass is 9.85. The highest BCUT2D eigenvalue weighted by Crippen LogP contribution is 2.38. The molecule has 294 valence electrons. The van der Waals surface area contributed by atoms with Gasteiger partial charge in [-0.05, 0) is 91.5 Å². The molecule has 4 aromatic heterocycles. The Labute approximate surface area is 337 Å². The SMILES string of the molecule is C[C@@H]1CCc2cc(C#N)cnc2[C@H]1Oc1ccc(C=N)c(Nc2cnn(C)c2)c1.C[C@H]1CCc2cc(C#N)cnc2C1.Cn1cc(Nc2cc(O)ccc2C=N)cn1. The van der Waals surface area contributed by atoms with Crippen LogP contribution in [0.1, 0.15) is 77.6 Å². The molecule has 0 radical (unpaired) electrons. The first-order valence-electron chi connectivity index (χ1n) is 19.0. The van der Waals surface area contributed by atoms with Gasteiger partial charge in [-0.1, -0.05) is 13.8 Å². The molecule has 0 unspecified atom stereocenters. The van der Waals surface area contributed by atoms with Gasteiger partial charge in [0.05, 0.1) is 52.0 Å². The molecule has 2 aromatic carbocycles. The van der Waals surface area contributed by atoms with Gasteiger partial charge in [0.15, 0.2) is 0 Å². The lowest BCUT2D eigenvalue weighted by Crippen LogP contribution is -2.24. The molecule has 0 saturated carbocycles. The minimum atomic E-state index is -0.177. The van der Waals surface area contributed by atoms with Crippen molar-refractivity contribution in [1.29, 1.82) is 21.3 Å². The summed E-state index contributed by atoms with van der Waals surface area (Å²) in [4.78, 5) is 8.85. The van der Waals surface area contributed by atoms with Gasteiger partial charge in [0, 0.05) is 80.3 Å². The van der Waals surface area contributed by atoms with Gasteiger partial charge in [0.25, 0.3) is 0 Å². The molecule has 5 N–H and O–H groups in total. The number of nitriles is 2. The summed E-state index contributed by atoms with van der Waals surface area (Å²) < 4.78 is 9.76. The number of rotatable bonds is 8. The first kappa shape index (κ1) is 40.3. The van der Waals surface area contributed by atoms with Crippen molar-refractivity contribution in [3.63, 3.8) is 0 Å². The number of aromatic nitrogens is 6. The standard InChI is InChI=1S/C22H22N6O.C11H12N4O.C11H12N2/c1-14-3-4-16-7-15(9-23)11-25-21(16)22(14)29-19-6-5-17(10-24)20(8-19)27-18-12-26-28(2)13-18;1-15-7-9(6-13-15)14-11-4-10(16)3-2-8(11)5-12;1-8-2-3-10-5-9(6-12)7-13-11(10)4-8/h5-8,10-14,22,24,27H,3-4H2,1-2H3;2-7,12,14,16H,1H3;5,7-8H,2-4H2,1H3/t14-,22+;;8-/m1.0/s1. The molecule has 0 bridgehead atoms. The van der Waals surface area contributed by atoms with Crippen molar-refractivity contribution in [2.75, 3.05) is 10.6 Å². The molecule has 58 heavy (non-hydrogen) atoms. The van der Waals surface area contributed by atoms with Crippen LogP contribution in [0.15, 0.2) is 85.7 Å². The number of aryl methyl sites for hydroxylation is 4. The van der Waals surface area contributed by atoms with E-state index >= 15 is 0 Å². The third kappa shape index (κ3) is 10.1. The number of phenolic OH excluding ortho intramolecular Hbond substituents is 1. The zero-order valence-electron chi connectivity index (χ0n) is 32.9. The van der Waals surface area contributed by atoms with Crippen molar-refractivity contribution in [3.8, 4) is 23.6 Å². The van der Waals surface area contributed by atoms with Crippen LogP contribution in [0.4, 0.5) is 22.7 Å². The second-order valence-electron chi connectivity index (χ2n) is 14.6. The fourth-order valence-corrected chi connectivity index (χ4v) is 6.90. The van der Waals surface area contributed by atoms with Crippen LogP contribution in [-0.4, -0.2) is 47.1 Å². The topological polar surface area (TPSA) is 210 Å². The molecule has 3 atom stereocenters. The Morgan fingerprint density at radius 2 is 1.36 bits per heavy atom. The molecule has 0 fully saturated rings. The fraction of sp³-hybridized carbons (Fsp3) is 0.273. The molecule has 0 aliphatic heterocycles. The van der Waals surface area contributed by atoms with Crippen molar-refractivity contribution in [3.05, 3.63) is 130 Å². The molecular weight excluding hydrogens is 729 g/mol. The van der Waals surface area contributed by atoms with E-state index in [0.717, 1.165) is 65.5 Å². The Bertz CT molecular complexity index is 2490. The van der Waals surface area contributed by atoms with Crippen LogP contribution in [0.2, 0.25) is 0 Å². The van der Waals surface area contributed by atoms with Crippen molar-refractivity contribution >= 4 is 35.2 Å². The minimum Gasteiger partial charge on any atom is -0.508 e. The molecule has 0 spiro atoms. The Kier molecular flexibility index (Phi) is 12.9. The van der Waals surface area contributed by atoms with Crippen LogP contribution in [0, 0.1) is 45.3 Å². The number of fused-ring (bicyclic) bond motifs is 2. The highest BCUT2D eigenvalue weighted by molar-refractivity contribution is 5.88. The zero-order valence-corrected chi connectivity index (χ0v) is 32.9. The van der Waals surface area contributed by atoms with Crippen LogP contribution in [-0.2, 0) is 33.4 Å². The van der Waals surface area contributed by atoms with E-state index in [-0.39, 0.29) is 11.9 Å². The summed E-state index contributed by atoms with van der Waals surface area (Å²) >= 11 is 0. The van der Waals surface area contributed by atoms with Gasteiger partial charge in [0.2, 0.25) is 0 Å². The summed E-state index contributed by atoms with van der Waals surface area (Å²) in [5.41, 5.74) is 10.3. The zero-order chi connectivity index (χ0) is 41.2. The van der Waals surface area contributed by atoms with E-state index in [4.69, 9.17) is 26.1 Å². The lowest BCUT2D eigenvalue weighted by Gasteiger charge is -2.31. The monoisotopic (exact) mass is 774 g/mol. The number of benzene rings is 2. The van der Waals surface area contributed by atoms with E-state index in [1.54, 1.807) is 52.4 Å². The van der Waals surface area contributed by atoms with Gasteiger partial charge >= 0.3 is 0 Å². The minimum absolute atomic E-state index is 0.164. The lowest BCUT2D eigenvalue weighted by molar-refractivity contribution is 0.124. The molecule has 14 heteroatoms. The molecule has 8 rings (SSSR count). The van der Waals surface area contributed by atoms with E-state index < -0.39 is 0 Å². The largest absolute Gasteiger partial charge is 0.508 e. The molecule has 0 amide bonds. The Balaban J connectivity index is 0.000000164. The molecular formula is C44H46N12O2. The molecule has 4 heterocycles. The van der Waals surface area contributed by atoms with Crippen LogP contribution < -0.4 is 15.4 Å². The van der Waals surface area contributed by atoms with Crippen LogP contribution in [0.3, 0.4) is 0 Å². The summed E-state index contributed by atoms with van der Waals surface area (Å²) in [6.07, 6.45) is 18.0. The first-order chi connectivity index (χ1) is 28.0. The van der Waals surface area contributed by atoms with E-state index in [9.17, 15) is 5.11 Å². The smallest absolute Gasteiger partial charge is 0.143 e. The summed E-state index contributed by atoms with van der Waals surface area (Å²) in [5, 5.41) is 56.8. The molecule has 2 aliphatic carbocycles. The summed E-state index contributed by atoms with van der Waals surface area (Å²) in [7, 11) is 3.68. The number of hydrogen-bond acceptors (Lipinski definition) is 12. The van der Waals surface area contributed by atoms with Crippen molar-refractivity contribution in [2.24, 2.45) is 25.9 Å². The molecule has 14 nitrogen and oxygen atoms in total. The Morgan fingerprint density at radius 1 is 0.776 bits per heavy atom. The summed E-state index contributed by atoms with van der Waals surface area (Å²) in [6.45, 7) is 4.41. The van der Waals surface area contributed by atoms with Crippen molar-refractivity contribution in [2.45, 2.75) is 52.1 Å². The summed E-state index contributed by atoms with van der Waals surface area (Å²) in [6, 6.07) is 18.6. The first-order valence-corrected chi connectivity index (χ1v) is 19.0. The Hall–Kier alpha value is -7.32. The maximum absolute atomic E-state index is 9.38. The summed E-state index contributed by atoms with van der Waals surface area (Å²) in [5.74, 6) is 1.92. The average Bonchev–Trinajstić information content (AvgIpc) is 3.85. The Morgan fingerprint density at radius 3 is 1.97 bits per heavy atom. The van der Waals surface area contributed by atoms with Crippen LogP contribution >= 0.6 is 0 Å². The van der Waals surface area contributed by atoms with Gasteiger partial charge in [-0.2, -0.15) is 20.7 Å². The number of ether oxygens (including phenoxy) is 1. The van der Waals surface area contributed by atoms with E-state index in [1.165, 1.54) is 30.1 Å². The van der Waals surface area contributed by atoms with Gasteiger partial charge < -0.3 is 31.3 Å². The van der Waals surface area contributed by atoms with Crippen LogP contribution in [0.5, 0.6) is 11.5 Å². The number of aromatic hydroxyl groups is 1. The third-order valence-electron chi connectivity index (χ3n) is 10.0. The number of pyridine rings is 2. The number of nitrogens with zero attached hydrogens (tertiary/aromatic N) is 8. The quantitative estimate of drug-likeness (QED) is 0.0939. The van der Waals surface area contributed by atoms with E-state index in [0.29, 0.717) is 34.0 Å². The van der Waals surface area contributed by atoms with Gasteiger partial charge in [-0.3, -0.25) is 19.3 Å². The fourth-order valence-electron chi connectivity index (χ4n) is 6.90. The molecule has 6 aromatic rings. The third-order valence-corrected chi connectivity index (χ3v) is 10.0. The normalized spacial score (nSPS) is 16.3. The van der Waals surface area contributed by atoms with Gasteiger partial charge in [-0.25, -0.2) is 0 Å². The van der Waals surface area contributed by atoms with E-state index in [2.05, 4.69) is 56.8 Å². The van der Waals surface area contributed by atoms with Gasteiger partial charge in [0.1, 0.15) is 29.7 Å². The average molecular weight is 775 g/mol. The predicted molar refractivity (Wildman–Crippen MR) is 223 cm³/mol. The van der Waals surface area contributed by atoms with Crippen molar-refractivity contribution in [1.82, 2.24) is 29.5 Å². The van der Waals surface area contributed by atoms with E-state index in [1.807, 2.05) is 56.8 Å². The maximum Gasteiger partial charge on any atom is 0.143 e. The van der Waals surface area contributed by atoms with Gasteiger partial charge in [-0.15, -0.1) is 0 Å². The number of anilines is 4. The predicted octanol–water partition coefficient (Wildman–Crippen LogP) is 8.08.